The van der Waals surface area contributed by atoms with Gasteiger partial charge in [-0.3, -0.25) is 4.79 Å². The number of halogens is 1. The van der Waals surface area contributed by atoms with E-state index < -0.39 is 0 Å². The molecule has 2 aromatic rings. The molecule has 1 aliphatic carbocycles. The summed E-state index contributed by atoms with van der Waals surface area (Å²) in [5.41, 5.74) is 1.69. The second-order valence-electron chi connectivity index (χ2n) is 7.33. The zero-order valence-corrected chi connectivity index (χ0v) is 16.1. The van der Waals surface area contributed by atoms with Crippen LogP contribution in [0.2, 0.25) is 0 Å². The SMILES string of the molecule is CCC(CC)n1cc(NC)c(=O)c2cc(F)c(NC3CCCCC3)cc21. The van der Waals surface area contributed by atoms with Crippen molar-refractivity contribution in [2.75, 3.05) is 17.7 Å². The van der Waals surface area contributed by atoms with Gasteiger partial charge in [-0.15, -0.1) is 0 Å². The first-order chi connectivity index (χ1) is 12.6. The first kappa shape index (κ1) is 18.7. The molecule has 1 aromatic heterocycles. The van der Waals surface area contributed by atoms with E-state index >= 15 is 0 Å². The summed E-state index contributed by atoms with van der Waals surface area (Å²) in [6, 6.07) is 3.83. The van der Waals surface area contributed by atoms with Crippen molar-refractivity contribution in [3.05, 3.63) is 34.4 Å². The average molecular weight is 359 g/mol. The number of pyridine rings is 1. The zero-order valence-electron chi connectivity index (χ0n) is 16.1. The van der Waals surface area contributed by atoms with Gasteiger partial charge in [-0.25, -0.2) is 4.39 Å². The van der Waals surface area contributed by atoms with Gasteiger partial charge >= 0.3 is 0 Å². The van der Waals surface area contributed by atoms with Gasteiger partial charge < -0.3 is 15.2 Å². The van der Waals surface area contributed by atoms with Gasteiger partial charge in [0.2, 0.25) is 5.43 Å². The number of rotatable bonds is 6. The van der Waals surface area contributed by atoms with Gasteiger partial charge in [0.1, 0.15) is 5.82 Å². The number of nitrogens with one attached hydrogen (secondary N) is 2. The van der Waals surface area contributed by atoms with Crippen molar-refractivity contribution in [2.45, 2.75) is 70.9 Å². The third-order valence-corrected chi connectivity index (χ3v) is 5.69. The molecule has 0 unspecified atom stereocenters. The number of fused-ring (bicyclic) bond motifs is 1. The quantitative estimate of drug-likeness (QED) is 0.737. The number of benzene rings is 1. The Morgan fingerprint density at radius 2 is 1.85 bits per heavy atom. The van der Waals surface area contributed by atoms with Gasteiger partial charge in [0.25, 0.3) is 0 Å². The Hall–Kier alpha value is -2.04. The number of aromatic nitrogens is 1. The second-order valence-corrected chi connectivity index (χ2v) is 7.33. The maximum absolute atomic E-state index is 14.8. The third-order valence-electron chi connectivity index (χ3n) is 5.69. The number of nitrogens with zero attached hydrogens (tertiary/aromatic N) is 1. The van der Waals surface area contributed by atoms with E-state index in [9.17, 15) is 9.18 Å². The lowest BCUT2D eigenvalue weighted by Crippen LogP contribution is -2.23. The molecule has 2 N–H and O–H groups in total. The van der Waals surface area contributed by atoms with E-state index in [0.29, 0.717) is 22.8 Å². The van der Waals surface area contributed by atoms with Crippen molar-refractivity contribution in [3.8, 4) is 0 Å². The van der Waals surface area contributed by atoms with Crippen LogP contribution in [-0.4, -0.2) is 17.7 Å². The van der Waals surface area contributed by atoms with E-state index in [1.165, 1.54) is 25.3 Å². The Kier molecular flexibility index (Phi) is 5.84. The summed E-state index contributed by atoms with van der Waals surface area (Å²) < 4.78 is 16.9. The summed E-state index contributed by atoms with van der Waals surface area (Å²) >= 11 is 0. The first-order valence-electron chi connectivity index (χ1n) is 9.91. The Labute approximate surface area is 154 Å². The highest BCUT2D eigenvalue weighted by molar-refractivity contribution is 5.85. The minimum absolute atomic E-state index is 0.146. The molecule has 0 radical (unpaired) electrons. The fourth-order valence-corrected chi connectivity index (χ4v) is 4.11. The van der Waals surface area contributed by atoms with E-state index in [4.69, 9.17) is 0 Å². The fraction of sp³-hybridized carbons (Fsp3) is 0.571. The Balaban J connectivity index is 2.13. The van der Waals surface area contributed by atoms with Gasteiger partial charge in [-0.1, -0.05) is 33.1 Å². The predicted molar refractivity (Wildman–Crippen MR) is 108 cm³/mol. The van der Waals surface area contributed by atoms with Gasteiger partial charge in [0.05, 0.1) is 22.3 Å². The Bertz CT molecular complexity index is 820. The third kappa shape index (κ3) is 3.57. The van der Waals surface area contributed by atoms with Gasteiger partial charge in [-0.2, -0.15) is 0 Å². The van der Waals surface area contributed by atoms with Crippen LogP contribution in [0.3, 0.4) is 0 Å². The van der Waals surface area contributed by atoms with Crippen molar-refractivity contribution < 1.29 is 4.39 Å². The highest BCUT2D eigenvalue weighted by Crippen LogP contribution is 2.29. The van der Waals surface area contributed by atoms with Crippen molar-refractivity contribution in [3.63, 3.8) is 0 Å². The molecule has 1 aromatic carbocycles. The van der Waals surface area contributed by atoms with Gasteiger partial charge in [-0.05, 0) is 37.8 Å². The van der Waals surface area contributed by atoms with Crippen LogP contribution < -0.4 is 16.1 Å². The lowest BCUT2D eigenvalue weighted by Gasteiger charge is -2.25. The topological polar surface area (TPSA) is 46.1 Å². The molecule has 0 bridgehead atoms. The standard InChI is InChI=1S/C21H30FN3O/c1-4-15(5-2)25-13-19(23-3)21(26)16-11-17(22)18(12-20(16)25)24-14-9-7-6-8-10-14/h11-15,23-24H,4-10H2,1-3H3. The second kappa shape index (κ2) is 8.11. The fourth-order valence-electron chi connectivity index (χ4n) is 4.11. The molecule has 1 fully saturated rings. The maximum Gasteiger partial charge on any atom is 0.212 e. The molecule has 142 valence electrons. The summed E-state index contributed by atoms with van der Waals surface area (Å²) in [4.78, 5) is 12.7. The van der Waals surface area contributed by atoms with Crippen LogP contribution in [0.4, 0.5) is 15.8 Å². The Morgan fingerprint density at radius 1 is 1.15 bits per heavy atom. The zero-order chi connectivity index (χ0) is 18.7. The van der Waals surface area contributed by atoms with E-state index in [1.54, 1.807) is 7.05 Å². The molecule has 4 nitrogen and oxygen atoms in total. The maximum atomic E-state index is 14.8. The molecule has 0 aliphatic heterocycles. The highest BCUT2D eigenvalue weighted by Gasteiger charge is 2.19. The van der Waals surface area contributed by atoms with E-state index in [1.807, 2.05) is 12.3 Å². The van der Waals surface area contributed by atoms with Crippen LogP contribution in [0, 0.1) is 5.82 Å². The molecule has 0 atom stereocenters. The summed E-state index contributed by atoms with van der Waals surface area (Å²) in [6.07, 6.45) is 9.60. The smallest absolute Gasteiger partial charge is 0.212 e. The van der Waals surface area contributed by atoms with Crippen LogP contribution in [-0.2, 0) is 0 Å². The van der Waals surface area contributed by atoms with Crippen molar-refractivity contribution >= 4 is 22.3 Å². The Morgan fingerprint density at radius 3 is 2.46 bits per heavy atom. The van der Waals surface area contributed by atoms with Crippen LogP contribution in [0.25, 0.3) is 10.9 Å². The predicted octanol–water partition coefficient (Wildman–Crippen LogP) is 5.29. The van der Waals surface area contributed by atoms with Gasteiger partial charge in [0.15, 0.2) is 0 Å². The van der Waals surface area contributed by atoms with Crippen molar-refractivity contribution in [1.29, 1.82) is 0 Å². The molecule has 5 heteroatoms. The van der Waals surface area contributed by atoms with E-state index in [2.05, 4.69) is 29.0 Å². The first-order valence-corrected chi connectivity index (χ1v) is 9.91. The number of hydrogen-bond donors (Lipinski definition) is 2. The summed E-state index contributed by atoms with van der Waals surface area (Å²) in [5, 5.41) is 6.78. The summed E-state index contributed by atoms with van der Waals surface area (Å²) in [6.45, 7) is 4.28. The van der Waals surface area contributed by atoms with E-state index in [-0.39, 0.29) is 17.3 Å². The molecule has 3 rings (SSSR count). The van der Waals surface area contributed by atoms with Crippen LogP contribution >= 0.6 is 0 Å². The molecule has 26 heavy (non-hydrogen) atoms. The average Bonchev–Trinajstić information content (AvgIpc) is 2.66. The van der Waals surface area contributed by atoms with Gasteiger partial charge in [0, 0.05) is 25.3 Å². The number of anilines is 2. The van der Waals surface area contributed by atoms with Crippen molar-refractivity contribution in [1.82, 2.24) is 4.57 Å². The summed E-state index contributed by atoms with van der Waals surface area (Å²) in [5.74, 6) is -0.343. The summed E-state index contributed by atoms with van der Waals surface area (Å²) in [7, 11) is 1.73. The molecular formula is C21H30FN3O. The van der Waals surface area contributed by atoms with Crippen LogP contribution in [0.5, 0.6) is 0 Å². The highest BCUT2D eigenvalue weighted by atomic mass is 19.1. The van der Waals surface area contributed by atoms with Crippen LogP contribution in [0.1, 0.15) is 64.8 Å². The monoisotopic (exact) mass is 359 g/mol. The minimum atomic E-state index is -0.343. The normalized spacial score (nSPS) is 15.6. The molecule has 0 amide bonds. The minimum Gasteiger partial charge on any atom is -0.384 e. The lowest BCUT2D eigenvalue weighted by molar-refractivity contribution is 0.460. The van der Waals surface area contributed by atoms with Crippen LogP contribution in [0.15, 0.2) is 23.1 Å². The largest absolute Gasteiger partial charge is 0.384 e. The van der Waals surface area contributed by atoms with Crippen molar-refractivity contribution in [2.24, 2.45) is 0 Å². The lowest BCUT2D eigenvalue weighted by atomic mass is 9.95. The molecule has 1 saturated carbocycles. The molecular weight excluding hydrogens is 329 g/mol. The molecule has 1 heterocycles. The molecule has 0 saturated heterocycles. The number of hydrogen-bond acceptors (Lipinski definition) is 3. The molecule has 0 spiro atoms. The molecule has 1 aliphatic rings. The van der Waals surface area contributed by atoms with E-state index in [0.717, 1.165) is 31.2 Å².